The molecule has 1 saturated heterocycles. The van der Waals surface area contributed by atoms with Gasteiger partial charge in [0, 0.05) is 17.8 Å². The van der Waals surface area contributed by atoms with Crippen LogP contribution in [0.15, 0.2) is 18.2 Å². The minimum atomic E-state index is 0.523. The lowest BCUT2D eigenvalue weighted by atomic mass is 9.93. The number of hydrogen-bond acceptors (Lipinski definition) is 3. The molecule has 1 heterocycles. The van der Waals surface area contributed by atoms with E-state index in [1.54, 1.807) is 6.07 Å². The second-order valence-corrected chi connectivity index (χ2v) is 6.26. The van der Waals surface area contributed by atoms with E-state index in [4.69, 9.17) is 16.9 Å². The van der Waals surface area contributed by atoms with E-state index in [1.807, 2.05) is 12.1 Å². The van der Waals surface area contributed by atoms with Crippen molar-refractivity contribution >= 4 is 17.3 Å². The number of rotatable bonds is 3. The van der Waals surface area contributed by atoms with Gasteiger partial charge >= 0.3 is 0 Å². The third-order valence-electron chi connectivity index (χ3n) is 4.63. The lowest BCUT2D eigenvalue weighted by molar-refractivity contribution is 0.376. The fourth-order valence-electron chi connectivity index (χ4n) is 3.64. The molecule has 4 heteroatoms. The van der Waals surface area contributed by atoms with Crippen LogP contribution >= 0.6 is 11.6 Å². The number of anilines is 1. The second-order valence-electron chi connectivity index (χ2n) is 5.85. The molecule has 3 atom stereocenters. The Bertz CT molecular complexity index is 517. The first-order chi connectivity index (χ1) is 9.78. The summed E-state index contributed by atoms with van der Waals surface area (Å²) in [5.41, 5.74) is 1.57. The molecule has 3 unspecified atom stereocenters. The summed E-state index contributed by atoms with van der Waals surface area (Å²) in [6.45, 7) is 1.16. The molecule has 1 aliphatic carbocycles. The van der Waals surface area contributed by atoms with Gasteiger partial charge in [0.25, 0.3) is 0 Å². The second kappa shape index (κ2) is 6.03. The van der Waals surface area contributed by atoms with Crippen LogP contribution in [-0.2, 0) is 0 Å². The van der Waals surface area contributed by atoms with Crippen LogP contribution in [0.5, 0.6) is 0 Å². The summed E-state index contributed by atoms with van der Waals surface area (Å²) in [5, 5.41) is 16.7. The maximum absolute atomic E-state index is 8.92. The summed E-state index contributed by atoms with van der Waals surface area (Å²) in [6, 6.07) is 8.92. The van der Waals surface area contributed by atoms with Gasteiger partial charge in [0.2, 0.25) is 0 Å². The molecule has 1 aromatic rings. The Labute approximate surface area is 125 Å². The van der Waals surface area contributed by atoms with Gasteiger partial charge < -0.3 is 10.6 Å². The first-order valence-corrected chi connectivity index (χ1v) is 7.85. The van der Waals surface area contributed by atoms with Gasteiger partial charge in [0.1, 0.15) is 6.07 Å². The number of hydrogen-bond donors (Lipinski definition) is 2. The van der Waals surface area contributed by atoms with E-state index in [-0.39, 0.29) is 0 Å². The summed E-state index contributed by atoms with van der Waals surface area (Å²) in [6.07, 6.45) is 6.43. The highest BCUT2D eigenvalue weighted by Crippen LogP contribution is 2.34. The van der Waals surface area contributed by atoms with Crippen LogP contribution in [0.4, 0.5) is 5.69 Å². The van der Waals surface area contributed by atoms with Gasteiger partial charge in [0.15, 0.2) is 0 Å². The van der Waals surface area contributed by atoms with E-state index in [0.29, 0.717) is 28.6 Å². The normalized spacial score (nSPS) is 29.3. The molecule has 20 heavy (non-hydrogen) atoms. The number of nitrogens with zero attached hydrogens (tertiary/aromatic N) is 1. The molecule has 1 saturated carbocycles. The predicted molar refractivity (Wildman–Crippen MR) is 81.9 cm³/mol. The summed E-state index contributed by atoms with van der Waals surface area (Å²) in [7, 11) is 0. The molecule has 0 spiro atoms. The van der Waals surface area contributed by atoms with Crippen molar-refractivity contribution in [2.75, 3.05) is 11.9 Å². The van der Waals surface area contributed by atoms with Crippen molar-refractivity contribution in [1.29, 1.82) is 5.26 Å². The lowest BCUT2D eigenvalue weighted by Gasteiger charge is -2.27. The molecule has 0 radical (unpaired) electrons. The van der Waals surface area contributed by atoms with E-state index in [9.17, 15) is 0 Å². The number of nitrogens with one attached hydrogen (secondary N) is 2. The standard InChI is InChI=1S/C16H20ClN3/c17-14-9-12(7-6-11(14)10-18)20-16-4-1-3-13(16)15-5-2-8-19-15/h6-7,9,13,15-16,19-20H,1-5,8H2. The summed E-state index contributed by atoms with van der Waals surface area (Å²) >= 11 is 6.10. The highest BCUT2D eigenvalue weighted by atomic mass is 35.5. The first-order valence-electron chi connectivity index (χ1n) is 7.47. The molecular weight excluding hydrogens is 270 g/mol. The topological polar surface area (TPSA) is 47.9 Å². The van der Waals surface area contributed by atoms with Crippen molar-refractivity contribution in [3.63, 3.8) is 0 Å². The van der Waals surface area contributed by atoms with E-state index in [1.165, 1.54) is 32.1 Å². The number of nitriles is 1. The molecule has 2 aliphatic rings. The van der Waals surface area contributed by atoms with E-state index in [0.717, 1.165) is 12.2 Å². The highest BCUT2D eigenvalue weighted by Gasteiger charge is 2.34. The molecule has 1 aromatic carbocycles. The van der Waals surface area contributed by atoms with E-state index < -0.39 is 0 Å². The molecule has 106 valence electrons. The zero-order valence-corrected chi connectivity index (χ0v) is 12.3. The van der Waals surface area contributed by atoms with Crippen LogP contribution in [0.2, 0.25) is 5.02 Å². The molecule has 0 aromatic heterocycles. The van der Waals surface area contributed by atoms with E-state index >= 15 is 0 Å². The van der Waals surface area contributed by atoms with Gasteiger partial charge in [-0.2, -0.15) is 5.26 Å². The molecular formula is C16H20ClN3. The number of benzene rings is 1. The quantitative estimate of drug-likeness (QED) is 0.895. The maximum Gasteiger partial charge on any atom is 0.101 e. The zero-order chi connectivity index (χ0) is 13.9. The van der Waals surface area contributed by atoms with Crippen molar-refractivity contribution in [3.05, 3.63) is 28.8 Å². The zero-order valence-electron chi connectivity index (χ0n) is 11.5. The van der Waals surface area contributed by atoms with Crippen LogP contribution in [-0.4, -0.2) is 18.6 Å². The average Bonchev–Trinajstić information content (AvgIpc) is 3.09. The Hall–Kier alpha value is -1.24. The van der Waals surface area contributed by atoms with Crippen LogP contribution in [0, 0.1) is 17.2 Å². The summed E-state index contributed by atoms with van der Waals surface area (Å²) < 4.78 is 0. The average molecular weight is 290 g/mol. The molecule has 1 aliphatic heterocycles. The van der Waals surface area contributed by atoms with Crippen LogP contribution in [0.1, 0.15) is 37.7 Å². The Morgan fingerprint density at radius 1 is 1.25 bits per heavy atom. The minimum absolute atomic E-state index is 0.523. The number of halogens is 1. The van der Waals surface area contributed by atoms with Gasteiger partial charge in [0.05, 0.1) is 10.6 Å². The Morgan fingerprint density at radius 3 is 2.85 bits per heavy atom. The largest absolute Gasteiger partial charge is 0.382 e. The Kier molecular flexibility index (Phi) is 4.14. The van der Waals surface area contributed by atoms with E-state index in [2.05, 4.69) is 16.7 Å². The van der Waals surface area contributed by atoms with Crippen molar-refractivity contribution in [2.24, 2.45) is 5.92 Å². The van der Waals surface area contributed by atoms with Gasteiger partial charge in [-0.05, 0) is 56.3 Å². The van der Waals surface area contributed by atoms with Gasteiger partial charge in [-0.15, -0.1) is 0 Å². The van der Waals surface area contributed by atoms with Gasteiger partial charge in [-0.1, -0.05) is 18.0 Å². The molecule has 2 fully saturated rings. The lowest BCUT2D eigenvalue weighted by Crippen LogP contribution is -2.38. The molecule has 0 bridgehead atoms. The summed E-state index contributed by atoms with van der Waals surface area (Å²) in [5.74, 6) is 0.715. The monoisotopic (exact) mass is 289 g/mol. The fraction of sp³-hybridized carbons (Fsp3) is 0.562. The molecule has 3 nitrogen and oxygen atoms in total. The summed E-state index contributed by atoms with van der Waals surface area (Å²) in [4.78, 5) is 0. The highest BCUT2D eigenvalue weighted by molar-refractivity contribution is 6.32. The van der Waals surface area contributed by atoms with Gasteiger partial charge in [-0.25, -0.2) is 0 Å². The SMILES string of the molecule is N#Cc1ccc(NC2CCCC2C2CCCN2)cc1Cl. The Balaban J connectivity index is 1.70. The van der Waals surface area contributed by atoms with Crippen molar-refractivity contribution < 1.29 is 0 Å². The fourth-order valence-corrected chi connectivity index (χ4v) is 3.86. The third kappa shape index (κ3) is 2.77. The van der Waals surface area contributed by atoms with Crippen molar-refractivity contribution in [2.45, 2.75) is 44.2 Å². The van der Waals surface area contributed by atoms with Gasteiger partial charge in [-0.3, -0.25) is 0 Å². The van der Waals surface area contributed by atoms with Crippen LogP contribution in [0.3, 0.4) is 0 Å². The van der Waals surface area contributed by atoms with Crippen molar-refractivity contribution in [3.8, 4) is 6.07 Å². The minimum Gasteiger partial charge on any atom is -0.382 e. The molecule has 2 N–H and O–H groups in total. The first kappa shape index (κ1) is 13.7. The molecule has 3 rings (SSSR count). The maximum atomic E-state index is 8.92. The predicted octanol–water partition coefficient (Wildman–Crippen LogP) is 3.54. The third-order valence-corrected chi connectivity index (χ3v) is 4.94. The van der Waals surface area contributed by atoms with Crippen molar-refractivity contribution in [1.82, 2.24) is 5.32 Å². The smallest absolute Gasteiger partial charge is 0.101 e. The molecule has 0 amide bonds. The Morgan fingerprint density at radius 2 is 2.15 bits per heavy atom. The van der Waals surface area contributed by atoms with Crippen LogP contribution in [0.25, 0.3) is 0 Å². The van der Waals surface area contributed by atoms with Crippen LogP contribution < -0.4 is 10.6 Å².